The molecule has 0 aromatic rings. The third-order valence-electron chi connectivity index (χ3n) is 1.16. The topological polar surface area (TPSA) is 0 Å². The van der Waals surface area contributed by atoms with Crippen LogP contribution in [0.15, 0.2) is 0 Å². The van der Waals surface area contributed by atoms with Gasteiger partial charge < -0.3 is 0 Å². The molecule has 0 amide bonds. The first kappa shape index (κ1) is 4.71. The summed E-state index contributed by atoms with van der Waals surface area (Å²) < 4.78 is 0. The lowest BCUT2D eigenvalue weighted by Gasteiger charge is -2.03. The Kier molecular flexibility index (Phi) is 1.36. The zero-order chi connectivity index (χ0) is 5.11. The molecular formula is C7H9. The van der Waals surface area contributed by atoms with Crippen molar-refractivity contribution in [2.75, 3.05) is 0 Å². The maximum absolute atomic E-state index is 3.82. The zero-order valence-electron chi connectivity index (χ0n) is 4.41. The van der Waals surface area contributed by atoms with Gasteiger partial charge in [-0.1, -0.05) is 5.92 Å². The van der Waals surface area contributed by atoms with Crippen LogP contribution in [0, 0.1) is 24.7 Å². The number of hydrogen-bond acceptors (Lipinski definition) is 0. The molecule has 0 aliphatic heterocycles. The fourth-order valence-corrected chi connectivity index (χ4v) is 0.726. The third kappa shape index (κ3) is 1.23. The van der Waals surface area contributed by atoms with E-state index in [9.17, 15) is 0 Å². The first-order valence-electron chi connectivity index (χ1n) is 2.71. The van der Waals surface area contributed by atoms with Crippen molar-refractivity contribution in [1.29, 1.82) is 0 Å². The summed E-state index contributed by atoms with van der Waals surface area (Å²) in [7, 11) is 0. The summed E-state index contributed by atoms with van der Waals surface area (Å²) in [6, 6.07) is 0. The van der Waals surface area contributed by atoms with Gasteiger partial charge in [0.25, 0.3) is 0 Å². The Balaban J connectivity index is 2.45. The Labute approximate surface area is 44.9 Å². The van der Waals surface area contributed by atoms with Crippen molar-refractivity contribution >= 4 is 0 Å². The van der Waals surface area contributed by atoms with Gasteiger partial charge in [-0.2, -0.15) is 0 Å². The van der Waals surface area contributed by atoms with Gasteiger partial charge in [-0.05, 0) is 19.8 Å². The lowest BCUT2D eigenvalue weighted by Crippen LogP contribution is -1.93. The fourth-order valence-electron chi connectivity index (χ4n) is 0.726. The lowest BCUT2D eigenvalue weighted by molar-refractivity contribution is 0.660. The molecule has 0 heterocycles. The molecule has 0 spiro atoms. The second-order valence-electron chi connectivity index (χ2n) is 1.91. The van der Waals surface area contributed by atoms with E-state index in [0.29, 0.717) is 5.92 Å². The summed E-state index contributed by atoms with van der Waals surface area (Å²) in [5.74, 6) is 6.47. The summed E-state index contributed by atoms with van der Waals surface area (Å²) in [5, 5.41) is 0. The highest BCUT2D eigenvalue weighted by Crippen LogP contribution is 2.09. The Morgan fingerprint density at radius 1 is 1.57 bits per heavy atom. The molecule has 1 unspecified atom stereocenters. The van der Waals surface area contributed by atoms with Gasteiger partial charge >= 0.3 is 0 Å². The van der Waals surface area contributed by atoms with Gasteiger partial charge in [-0.25, -0.2) is 0 Å². The minimum absolute atomic E-state index is 0.425. The molecule has 1 atom stereocenters. The van der Waals surface area contributed by atoms with Gasteiger partial charge in [-0.3, -0.25) is 0 Å². The van der Waals surface area contributed by atoms with Crippen molar-refractivity contribution < 1.29 is 0 Å². The maximum atomic E-state index is 3.82. The average Bonchev–Trinajstić information content (AvgIpc) is 1.69. The van der Waals surface area contributed by atoms with Gasteiger partial charge in [-0.15, -0.1) is 5.92 Å². The second-order valence-corrected chi connectivity index (χ2v) is 1.91. The first-order chi connectivity index (χ1) is 3.39. The Hall–Kier alpha value is -0.440. The van der Waals surface area contributed by atoms with Crippen molar-refractivity contribution in [3.05, 3.63) is 6.92 Å². The Bertz CT molecular complexity index is 103. The summed E-state index contributed by atoms with van der Waals surface area (Å²) in [6.07, 6.45) is 3.54. The van der Waals surface area contributed by atoms with Crippen LogP contribution in [0.4, 0.5) is 0 Å². The molecule has 1 aliphatic rings. The largest absolute Gasteiger partial charge is 0.103 e. The van der Waals surface area contributed by atoms with Gasteiger partial charge in [0.2, 0.25) is 0 Å². The molecular weight excluding hydrogens is 84.1 g/mol. The molecule has 0 bridgehead atoms. The number of hydrogen-bond donors (Lipinski definition) is 0. The van der Waals surface area contributed by atoms with Gasteiger partial charge in [0, 0.05) is 12.3 Å². The molecule has 0 saturated heterocycles. The van der Waals surface area contributed by atoms with Crippen LogP contribution < -0.4 is 0 Å². The van der Waals surface area contributed by atoms with Crippen LogP contribution in [0.1, 0.15) is 19.3 Å². The highest BCUT2D eigenvalue weighted by atomic mass is 14.0. The van der Waals surface area contributed by atoms with E-state index in [2.05, 4.69) is 18.8 Å². The van der Waals surface area contributed by atoms with Crippen LogP contribution in [0.2, 0.25) is 0 Å². The van der Waals surface area contributed by atoms with E-state index in [1.807, 2.05) is 0 Å². The Morgan fingerprint density at radius 3 is 2.71 bits per heavy atom. The van der Waals surface area contributed by atoms with Crippen LogP contribution >= 0.6 is 0 Å². The van der Waals surface area contributed by atoms with Gasteiger partial charge in [0.15, 0.2) is 0 Å². The predicted octanol–water partition coefficient (Wildman–Crippen LogP) is 1.62. The van der Waals surface area contributed by atoms with Crippen LogP contribution in [-0.2, 0) is 0 Å². The van der Waals surface area contributed by atoms with Crippen molar-refractivity contribution in [2.45, 2.75) is 19.3 Å². The molecule has 0 saturated carbocycles. The molecule has 0 fully saturated rings. The SMILES string of the molecule is [CH2]C1C#CCCC1. The first-order valence-corrected chi connectivity index (χ1v) is 2.71. The van der Waals surface area contributed by atoms with Crippen LogP contribution in [0.3, 0.4) is 0 Å². The standard InChI is InChI=1S/C7H9/c1-7-5-3-2-4-6-7/h7H,1-3,5H2. The molecule has 1 aliphatic carbocycles. The average molecular weight is 93.1 g/mol. The molecule has 0 nitrogen and oxygen atoms in total. The molecule has 0 heteroatoms. The minimum atomic E-state index is 0.425. The smallest absolute Gasteiger partial charge is 0.0203 e. The van der Waals surface area contributed by atoms with E-state index in [-0.39, 0.29) is 0 Å². The van der Waals surface area contributed by atoms with E-state index >= 15 is 0 Å². The zero-order valence-corrected chi connectivity index (χ0v) is 4.41. The quantitative estimate of drug-likeness (QED) is 0.399. The van der Waals surface area contributed by atoms with Crippen LogP contribution in [0.25, 0.3) is 0 Å². The van der Waals surface area contributed by atoms with E-state index < -0.39 is 0 Å². The van der Waals surface area contributed by atoms with Crippen molar-refractivity contribution in [3.8, 4) is 11.8 Å². The maximum Gasteiger partial charge on any atom is 0.0203 e. The summed E-state index contributed by atoms with van der Waals surface area (Å²) >= 11 is 0. The normalized spacial score (nSPS) is 28.4. The summed E-state index contributed by atoms with van der Waals surface area (Å²) in [6.45, 7) is 3.82. The van der Waals surface area contributed by atoms with Crippen molar-refractivity contribution in [2.24, 2.45) is 5.92 Å². The lowest BCUT2D eigenvalue weighted by atomic mass is 10.0. The molecule has 7 heavy (non-hydrogen) atoms. The van der Waals surface area contributed by atoms with Crippen molar-refractivity contribution in [3.63, 3.8) is 0 Å². The van der Waals surface area contributed by atoms with Crippen LogP contribution in [-0.4, -0.2) is 0 Å². The molecule has 0 N–H and O–H groups in total. The molecule has 0 aromatic heterocycles. The van der Waals surface area contributed by atoms with E-state index in [1.165, 1.54) is 12.8 Å². The highest BCUT2D eigenvalue weighted by molar-refractivity contribution is 5.07. The molecule has 1 radical (unpaired) electrons. The van der Waals surface area contributed by atoms with Crippen molar-refractivity contribution in [1.82, 2.24) is 0 Å². The number of rotatable bonds is 0. The predicted molar refractivity (Wildman–Crippen MR) is 30.5 cm³/mol. The monoisotopic (exact) mass is 93.1 g/mol. The van der Waals surface area contributed by atoms with Crippen LogP contribution in [0.5, 0.6) is 0 Å². The fraction of sp³-hybridized carbons (Fsp3) is 0.571. The third-order valence-corrected chi connectivity index (χ3v) is 1.16. The highest BCUT2D eigenvalue weighted by Gasteiger charge is 1.98. The summed E-state index contributed by atoms with van der Waals surface area (Å²) in [5.41, 5.74) is 0. The van der Waals surface area contributed by atoms with E-state index in [1.54, 1.807) is 0 Å². The molecule has 37 valence electrons. The van der Waals surface area contributed by atoms with E-state index in [0.717, 1.165) is 6.42 Å². The summed E-state index contributed by atoms with van der Waals surface area (Å²) in [4.78, 5) is 0. The minimum Gasteiger partial charge on any atom is -0.103 e. The molecule has 0 aromatic carbocycles. The second kappa shape index (κ2) is 2.02. The van der Waals surface area contributed by atoms with E-state index in [4.69, 9.17) is 0 Å². The molecule has 1 rings (SSSR count). The van der Waals surface area contributed by atoms with Gasteiger partial charge in [0.1, 0.15) is 0 Å². The van der Waals surface area contributed by atoms with Gasteiger partial charge in [0.05, 0.1) is 0 Å². The Morgan fingerprint density at radius 2 is 2.43 bits per heavy atom.